The van der Waals surface area contributed by atoms with Crippen molar-refractivity contribution in [2.24, 2.45) is 5.92 Å². The van der Waals surface area contributed by atoms with Gasteiger partial charge in [0.25, 0.3) is 0 Å². The number of aromatic amines is 1. The van der Waals surface area contributed by atoms with Gasteiger partial charge in [0.15, 0.2) is 5.82 Å². The lowest BCUT2D eigenvalue weighted by Crippen LogP contribution is -2.20. The molecule has 2 N–H and O–H groups in total. The second-order valence-corrected chi connectivity index (χ2v) is 5.11. The number of hydrogen-bond acceptors (Lipinski definition) is 4. The number of halogens is 1. The Morgan fingerprint density at radius 2 is 2.14 bits per heavy atom. The van der Waals surface area contributed by atoms with Crippen LogP contribution in [0.1, 0.15) is 25.7 Å². The molecule has 110 valence electrons. The first kappa shape index (κ1) is 13.5. The molecule has 1 fully saturated rings. The molecule has 1 aliphatic carbocycles. The summed E-state index contributed by atoms with van der Waals surface area (Å²) < 4.78 is 18.1. The third kappa shape index (κ3) is 2.86. The summed E-state index contributed by atoms with van der Waals surface area (Å²) in [4.78, 5) is 25.3. The first-order chi connectivity index (χ1) is 10.1. The van der Waals surface area contributed by atoms with E-state index >= 15 is 0 Å². The Kier molecular flexibility index (Phi) is 3.55. The molecule has 0 saturated heterocycles. The predicted molar refractivity (Wildman–Crippen MR) is 73.1 cm³/mol. The van der Waals surface area contributed by atoms with Crippen LogP contribution in [0.4, 0.5) is 10.1 Å². The molecule has 1 heterocycles. The van der Waals surface area contributed by atoms with Gasteiger partial charge in [-0.2, -0.15) is 0 Å². The van der Waals surface area contributed by atoms with Gasteiger partial charge in [-0.25, -0.2) is 9.18 Å². The highest BCUT2D eigenvalue weighted by Crippen LogP contribution is 2.27. The molecule has 3 rings (SSSR count). The number of rotatable bonds is 3. The summed E-state index contributed by atoms with van der Waals surface area (Å²) in [5, 5.41) is 6.22. The van der Waals surface area contributed by atoms with E-state index in [0.29, 0.717) is 5.69 Å². The molecule has 1 aliphatic rings. The Morgan fingerprint density at radius 3 is 2.81 bits per heavy atom. The van der Waals surface area contributed by atoms with Crippen molar-refractivity contribution in [3.05, 3.63) is 34.6 Å². The molecule has 0 unspecified atom stereocenters. The summed E-state index contributed by atoms with van der Waals surface area (Å²) in [5.41, 5.74) is 0.539. The molecule has 0 radical (unpaired) electrons. The lowest BCUT2D eigenvalue weighted by Gasteiger charge is -2.11. The van der Waals surface area contributed by atoms with Crippen LogP contribution in [0.3, 0.4) is 0 Å². The Morgan fingerprint density at radius 1 is 1.38 bits per heavy atom. The zero-order chi connectivity index (χ0) is 14.8. The average Bonchev–Trinajstić information content (AvgIpc) is 3.12. The van der Waals surface area contributed by atoms with Crippen LogP contribution in [0, 0.1) is 11.7 Å². The van der Waals surface area contributed by atoms with Gasteiger partial charge in [-0.3, -0.25) is 14.3 Å². The molecule has 2 aromatic rings. The van der Waals surface area contributed by atoms with Crippen molar-refractivity contribution in [2.45, 2.75) is 25.7 Å². The van der Waals surface area contributed by atoms with Crippen molar-refractivity contribution >= 4 is 11.6 Å². The fourth-order valence-electron chi connectivity index (χ4n) is 2.56. The Hall–Kier alpha value is -2.44. The van der Waals surface area contributed by atoms with Gasteiger partial charge in [0.05, 0.1) is 5.56 Å². The highest BCUT2D eigenvalue weighted by atomic mass is 19.1. The number of nitrogens with zero attached hydrogens (tertiary/aromatic N) is 1. The summed E-state index contributed by atoms with van der Waals surface area (Å²) in [6.45, 7) is 0. The number of carbonyl (C=O) groups excluding carboxylic acids is 1. The third-order valence-electron chi connectivity index (χ3n) is 3.66. The van der Waals surface area contributed by atoms with Crippen molar-refractivity contribution in [2.75, 3.05) is 5.32 Å². The van der Waals surface area contributed by atoms with Crippen LogP contribution in [0.25, 0.3) is 11.4 Å². The molecule has 1 saturated carbocycles. The van der Waals surface area contributed by atoms with Crippen LogP contribution >= 0.6 is 0 Å². The fraction of sp³-hybridized carbons (Fsp3) is 0.357. The summed E-state index contributed by atoms with van der Waals surface area (Å²) in [7, 11) is 0. The molecular formula is C14H14FN3O3. The summed E-state index contributed by atoms with van der Waals surface area (Å²) in [6.07, 6.45) is 3.90. The highest BCUT2D eigenvalue weighted by molar-refractivity contribution is 5.93. The number of carbonyl (C=O) groups is 1. The van der Waals surface area contributed by atoms with E-state index in [-0.39, 0.29) is 23.2 Å². The number of aromatic nitrogens is 2. The number of hydrogen-bond donors (Lipinski definition) is 2. The number of H-pyrrole nitrogens is 1. The number of nitrogens with one attached hydrogen (secondary N) is 2. The van der Waals surface area contributed by atoms with Crippen LogP contribution in [-0.4, -0.2) is 16.0 Å². The molecule has 6 nitrogen and oxygen atoms in total. The monoisotopic (exact) mass is 291 g/mol. The maximum atomic E-state index is 13.8. The zero-order valence-electron chi connectivity index (χ0n) is 11.2. The van der Waals surface area contributed by atoms with Gasteiger partial charge in [-0.15, -0.1) is 0 Å². The smallest absolute Gasteiger partial charge is 0.326 e. The maximum Gasteiger partial charge on any atom is 0.439 e. The van der Waals surface area contributed by atoms with E-state index in [1.54, 1.807) is 0 Å². The van der Waals surface area contributed by atoms with E-state index in [1.807, 2.05) is 0 Å². The molecule has 21 heavy (non-hydrogen) atoms. The average molecular weight is 291 g/mol. The van der Waals surface area contributed by atoms with Crippen LogP contribution in [0.15, 0.2) is 27.5 Å². The second-order valence-electron chi connectivity index (χ2n) is 5.11. The van der Waals surface area contributed by atoms with E-state index in [2.05, 4.69) is 20.0 Å². The molecule has 7 heteroatoms. The minimum absolute atomic E-state index is 0.00512. The quantitative estimate of drug-likeness (QED) is 0.908. The van der Waals surface area contributed by atoms with E-state index in [0.717, 1.165) is 25.7 Å². The van der Waals surface area contributed by atoms with Crippen molar-refractivity contribution in [1.82, 2.24) is 10.1 Å². The third-order valence-corrected chi connectivity index (χ3v) is 3.66. The van der Waals surface area contributed by atoms with E-state index in [1.165, 1.54) is 18.2 Å². The van der Waals surface area contributed by atoms with Gasteiger partial charge >= 0.3 is 5.76 Å². The minimum atomic E-state index is -0.759. The van der Waals surface area contributed by atoms with Crippen molar-refractivity contribution < 1.29 is 13.7 Å². The molecule has 0 bridgehead atoms. The molecule has 1 aromatic carbocycles. The molecular weight excluding hydrogens is 277 g/mol. The molecule has 0 spiro atoms. The van der Waals surface area contributed by atoms with Crippen LogP contribution in [0.2, 0.25) is 0 Å². The molecule has 1 aromatic heterocycles. The van der Waals surface area contributed by atoms with Gasteiger partial charge in [-0.1, -0.05) is 18.0 Å². The Labute approximate surface area is 119 Å². The summed E-state index contributed by atoms with van der Waals surface area (Å²) in [6, 6.07) is 4.12. The minimum Gasteiger partial charge on any atom is -0.326 e. The van der Waals surface area contributed by atoms with Gasteiger partial charge in [0.1, 0.15) is 5.82 Å². The largest absolute Gasteiger partial charge is 0.439 e. The molecule has 0 aliphatic heterocycles. The predicted octanol–water partition coefficient (Wildman–Crippen LogP) is 2.30. The fourth-order valence-corrected chi connectivity index (χ4v) is 2.56. The van der Waals surface area contributed by atoms with E-state index < -0.39 is 11.6 Å². The highest BCUT2D eigenvalue weighted by Gasteiger charge is 2.23. The normalized spacial score (nSPS) is 15.3. The molecule has 1 amide bonds. The van der Waals surface area contributed by atoms with Crippen LogP contribution in [0.5, 0.6) is 0 Å². The summed E-state index contributed by atoms with van der Waals surface area (Å²) >= 11 is 0. The van der Waals surface area contributed by atoms with Crippen molar-refractivity contribution in [3.63, 3.8) is 0 Å². The maximum absolute atomic E-state index is 13.8. The van der Waals surface area contributed by atoms with E-state index in [9.17, 15) is 14.0 Å². The number of anilines is 1. The SMILES string of the molecule is O=C(Nc1ccc(F)c(-c2noc(=O)[nH]2)c1)C1CCCC1. The van der Waals surface area contributed by atoms with Crippen LogP contribution in [-0.2, 0) is 4.79 Å². The van der Waals surface area contributed by atoms with Gasteiger partial charge in [0, 0.05) is 11.6 Å². The van der Waals surface area contributed by atoms with E-state index in [4.69, 9.17) is 0 Å². The Bertz CT molecular complexity index is 716. The number of amides is 1. The van der Waals surface area contributed by atoms with Gasteiger partial charge in [-0.05, 0) is 31.0 Å². The Balaban J connectivity index is 1.83. The number of benzene rings is 1. The topological polar surface area (TPSA) is 88.0 Å². The standard InChI is InChI=1S/C14H14FN3O3/c15-11-6-5-9(16-13(19)8-3-1-2-4-8)7-10(11)12-17-14(20)21-18-12/h5-8H,1-4H2,(H,16,19)(H,17,18,20). The summed E-state index contributed by atoms with van der Waals surface area (Å²) in [5.74, 6) is -1.36. The van der Waals surface area contributed by atoms with Crippen molar-refractivity contribution in [1.29, 1.82) is 0 Å². The first-order valence-electron chi connectivity index (χ1n) is 6.80. The van der Waals surface area contributed by atoms with Crippen molar-refractivity contribution in [3.8, 4) is 11.4 Å². The van der Waals surface area contributed by atoms with Crippen LogP contribution < -0.4 is 11.1 Å². The lowest BCUT2D eigenvalue weighted by molar-refractivity contribution is -0.119. The van der Waals surface area contributed by atoms with Gasteiger partial charge < -0.3 is 5.32 Å². The second kappa shape index (κ2) is 5.51. The lowest BCUT2D eigenvalue weighted by atomic mass is 10.1. The first-order valence-corrected chi connectivity index (χ1v) is 6.80. The molecule has 0 atom stereocenters. The van der Waals surface area contributed by atoms with Gasteiger partial charge in [0.2, 0.25) is 5.91 Å². The zero-order valence-corrected chi connectivity index (χ0v) is 11.2.